The number of benzene rings is 3. The molecule has 0 heterocycles. The van der Waals surface area contributed by atoms with Crippen molar-refractivity contribution in [2.24, 2.45) is 5.73 Å². The Hall–Kier alpha value is -4.40. The summed E-state index contributed by atoms with van der Waals surface area (Å²) < 4.78 is 0. The van der Waals surface area contributed by atoms with Gasteiger partial charge in [0.05, 0.1) is 0 Å². The highest BCUT2D eigenvalue weighted by molar-refractivity contribution is 5.64. The molecule has 0 radical (unpaired) electrons. The van der Waals surface area contributed by atoms with E-state index in [4.69, 9.17) is 0 Å². The van der Waals surface area contributed by atoms with Crippen molar-refractivity contribution in [1.29, 1.82) is 0 Å². The van der Waals surface area contributed by atoms with E-state index in [1.165, 1.54) is 109 Å². The number of rotatable bonds is 7. The van der Waals surface area contributed by atoms with Crippen molar-refractivity contribution in [2.45, 2.75) is 84.5 Å². The van der Waals surface area contributed by atoms with Crippen molar-refractivity contribution >= 4 is 17.5 Å². The van der Waals surface area contributed by atoms with Gasteiger partial charge in [-0.1, -0.05) is 157 Å². The van der Waals surface area contributed by atoms with Gasteiger partial charge < -0.3 is 10.6 Å². The molecule has 0 aromatic heterocycles. The summed E-state index contributed by atoms with van der Waals surface area (Å²) in [5.74, 6) is 0. The Bertz CT molecular complexity index is 1600. The molecule has 3 aliphatic carbocycles. The molecule has 2 heteroatoms. The first-order valence-electron chi connectivity index (χ1n) is 18.0. The molecule has 0 atom stereocenters. The SMILES string of the molecule is C=C/C=C(\C=C/c1ccc(C)cc1)C1(c2ccc(N(C)c3ccc(C)cc3)cc2)CCCCC1.CC1=CC=CC1.CC1=CC=CCC1.CN. The van der Waals surface area contributed by atoms with Crippen LogP contribution in [0.4, 0.5) is 11.4 Å². The lowest BCUT2D eigenvalue weighted by Crippen LogP contribution is -2.31. The number of aryl methyl sites for hydroxylation is 2. The molecule has 49 heavy (non-hydrogen) atoms. The third kappa shape index (κ3) is 12.2. The first-order chi connectivity index (χ1) is 23.8. The van der Waals surface area contributed by atoms with Crippen LogP contribution in [0.3, 0.4) is 0 Å². The minimum atomic E-state index is 0.0363. The second kappa shape index (κ2) is 20.9. The highest BCUT2D eigenvalue weighted by Crippen LogP contribution is 2.46. The molecule has 0 amide bonds. The van der Waals surface area contributed by atoms with Crippen LogP contribution in [-0.2, 0) is 5.41 Å². The minimum Gasteiger partial charge on any atom is -0.345 e. The molecule has 3 aromatic carbocycles. The normalized spacial score (nSPS) is 16.2. The highest BCUT2D eigenvalue weighted by Gasteiger charge is 2.36. The largest absolute Gasteiger partial charge is 0.345 e. The number of nitrogens with two attached hydrogens (primary N) is 1. The molecular formula is C47H60N2. The van der Waals surface area contributed by atoms with Gasteiger partial charge in [-0.2, -0.15) is 0 Å². The van der Waals surface area contributed by atoms with E-state index in [2.05, 4.69) is 179 Å². The van der Waals surface area contributed by atoms with Gasteiger partial charge in [-0.25, -0.2) is 0 Å². The molecule has 1 saturated carbocycles. The van der Waals surface area contributed by atoms with Crippen LogP contribution in [0, 0.1) is 13.8 Å². The highest BCUT2D eigenvalue weighted by atomic mass is 15.1. The standard InChI is InChI=1S/C33H37N.C7H10.C6H8.CH5N/c1-5-9-29(17-16-28-14-10-26(2)11-15-28)33(24-7-6-8-25-33)30-18-22-32(23-19-30)34(4)31-20-12-27(3)13-21-31;1-7-5-3-2-4-6-7;1-6-4-2-3-5-6;1-2/h5,9-23H,1,6-8,24-25H2,2-4H3;2-3,5H,4,6H2,1H3;2-4H,5H2,1H3;2H2,1H3/b17-16-,29-9+;;;. The van der Waals surface area contributed by atoms with E-state index in [0.29, 0.717) is 0 Å². The van der Waals surface area contributed by atoms with Crippen LogP contribution >= 0.6 is 0 Å². The maximum Gasteiger partial charge on any atom is 0.0408 e. The monoisotopic (exact) mass is 652 g/mol. The molecule has 0 spiro atoms. The van der Waals surface area contributed by atoms with E-state index >= 15 is 0 Å². The van der Waals surface area contributed by atoms with Gasteiger partial charge in [-0.15, -0.1) is 0 Å². The average Bonchev–Trinajstić information content (AvgIpc) is 3.63. The van der Waals surface area contributed by atoms with E-state index in [0.717, 1.165) is 0 Å². The maximum atomic E-state index is 4.50. The van der Waals surface area contributed by atoms with Gasteiger partial charge in [0.2, 0.25) is 0 Å². The summed E-state index contributed by atoms with van der Waals surface area (Å²) >= 11 is 0. The quantitative estimate of drug-likeness (QED) is 0.257. The number of hydrogen-bond acceptors (Lipinski definition) is 2. The molecule has 3 aromatic rings. The fourth-order valence-electron chi connectivity index (χ4n) is 6.46. The van der Waals surface area contributed by atoms with Crippen LogP contribution < -0.4 is 10.6 Å². The number of hydrogen-bond donors (Lipinski definition) is 1. The van der Waals surface area contributed by atoms with Gasteiger partial charge in [0.1, 0.15) is 0 Å². The lowest BCUT2D eigenvalue weighted by molar-refractivity contribution is 0.345. The van der Waals surface area contributed by atoms with Crippen LogP contribution in [-0.4, -0.2) is 14.1 Å². The molecule has 0 unspecified atom stereocenters. The molecule has 1 fully saturated rings. The second-order valence-electron chi connectivity index (χ2n) is 13.3. The summed E-state index contributed by atoms with van der Waals surface area (Å²) in [5, 5.41) is 0. The molecule has 0 saturated heterocycles. The van der Waals surface area contributed by atoms with Gasteiger partial charge in [-0.3, -0.25) is 0 Å². The molecule has 3 aliphatic rings. The van der Waals surface area contributed by atoms with Crippen LogP contribution in [0.5, 0.6) is 0 Å². The summed E-state index contributed by atoms with van der Waals surface area (Å²) in [4.78, 5) is 2.26. The third-order valence-electron chi connectivity index (χ3n) is 9.50. The zero-order chi connectivity index (χ0) is 35.5. The first kappa shape index (κ1) is 39.0. The van der Waals surface area contributed by atoms with Crippen molar-refractivity contribution < 1.29 is 0 Å². The summed E-state index contributed by atoms with van der Waals surface area (Å²) in [6.45, 7) is 12.6. The van der Waals surface area contributed by atoms with Gasteiger partial charge in [0.25, 0.3) is 0 Å². The van der Waals surface area contributed by atoms with E-state index in [-0.39, 0.29) is 5.41 Å². The lowest BCUT2D eigenvalue weighted by Gasteiger charge is -2.39. The zero-order valence-corrected chi connectivity index (χ0v) is 31.1. The Balaban J connectivity index is 0.000000356. The fraction of sp³-hybridized carbons (Fsp3) is 0.319. The molecule has 2 N–H and O–H groups in total. The van der Waals surface area contributed by atoms with E-state index < -0.39 is 0 Å². The van der Waals surface area contributed by atoms with Crippen molar-refractivity contribution in [2.75, 3.05) is 19.0 Å². The van der Waals surface area contributed by atoms with Gasteiger partial charge >= 0.3 is 0 Å². The molecule has 2 nitrogen and oxygen atoms in total. The van der Waals surface area contributed by atoms with Crippen LogP contribution in [0.2, 0.25) is 0 Å². The number of nitrogens with zero attached hydrogens (tertiary/aromatic N) is 1. The maximum absolute atomic E-state index is 4.50. The number of allylic oxidation sites excluding steroid dienone is 12. The van der Waals surface area contributed by atoms with Crippen LogP contribution in [0.25, 0.3) is 6.08 Å². The Labute approximate surface area is 298 Å². The van der Waals surface area contributed by atoms with Crippen molar-refractivity contribution in [3.05, 3.63) is 173 Å². The summed E-state index contributed by atoms with van der Waals surface area (Å²) in [6, 6.07) is 26.7. The Kier molecular flexibility index (Phi) is 16.6. The van der Waals surface area contributed by atoms with Gasteiger partial charge in [0, 0.05) is 23.8 Å². The van der Waals surface area contributed by atoms with Crippen molar-refractivity contribution in [3.8, 4) is 0 Å². The topological polar surface area (TPSA) is 29.3 Å². The zero-order valence-electron chi connectivity index (χ0n) is 31.1. The van der Waals surface area contributed by atoms with Gasteiger partial charge in [0.15, 0.2) is 0 Å². The van der Waals surface area contributed by atoms with E-state index in [1.807, 2.05) is 6.08 Å². The average molecular weight is 653 g/mol. The Morgan fingerprint density at radius 1 is 0.714 bits per heavy atom. The van der Waals surface area contributed by atoms with Crippen molar-refractivity contribution in [3.63, 3.8) is 0 Å². The predicted molar refractivity (Wildman–Crippen MR) is 219 cm³/mol. The van der Waals surface area contributed by atoms with Gasteiger partial charge in [-0.05, 0) is 108 Å². The Morgan fingerprint density at radius 2 is 1.27 bits per heavy atom. The second-order valence-corrected chi connectivity index (χ2v) is 13.3. The minimum absolute atomic E-state index is 0.0363. The van der Waals surface area contributed by atoms with Crippen LogP contribution in [0.15, 0.2) is 151 Å². The predicted octanol–water partition coefficient (Wildman–Crippen LogP) is 12.8. The summed E-state index contributed by atoms with van der Waals surface area (Å²) in [7, 11) is 3.64. The summed E-state index contributed by atoms with van der Waals surface area (Å²) in [6.07, 6.45) is 31.5. The molecule has 0 bridgehead atoms. The third-order valence-corrected chi connectivity index (χ3v) is 9.50. The molecular weight excluding hydrogens is 593 g/mol. The van der Waals surface area contributed by atoms with E-state index in [1.54, 1.807) is 0 Å². The van der Waals surface area contributed by atoms with Crippen molar-refractivity contribution in [1.82, 2.24) is 0 Å². The summed E-state index contributed by atoms with van der Waals surface area (Å²) in [5.41, 5.74) is 16.5. The molecule has 6 rings (SSSR count). The number of anilines is 2. The molecule has 258 valence electrons. The Morgan fingerprint density at radius 3 is 1.71 bits per heavy atom. The fourth-order valence-corrected chi connectivity index (χ4v) is 6.46. The smallest absolute Gasteiger partial charge is 0.0408 e. The lowest BCUT2D eigenvalue weighted by atomic mass is 9.64. The van der Waals surface area contributed by atoms with Crippen LogP contribution in [0.1, 0.15) is 87.5 Å². The molecule has 0 aliphatic heterocycles. The van der Waals surface area contributed by atoms with E-state index in [9.17, 15) is 0 Å². The first-order valence-corrected chi connectivity index (χ1v) is 18.0.